The largest absolute Gasteiger partial charge is 0.454 e. The number of carbonyl (C=O) groups excluding carboxylic acids is 1. The smallest absolute Gasteiger partial charge is 0.319 e. The molecule has 1 aromatic carbocycles. The minimum Gasteiger partial charge on any atom is -0.454 e. The normalized spacial score (nSPS) is 13.5. The van der Waals surface area contributed by atoms with Gasteiger partial charge < -0.3 is 25.2 Å². The number of carbonyl (C=O) groups is 1. The topological polar surface area (TPSA) is 79.8 Å². The monoisotopic (exact) mass is 348 g/mol. The molecule has 0 aliphatic carbocycles. The van der Waals surface area contributed by atoms with Crippen LogP contribution in [0.3, 0.4) is 0 Å². The first-order valence-corrected chi connectivity index (χ1v) is 8.73. The summed E-state index contributed by atoms with van der Waals surface area (Å²) in [7, 11) is 0. The van der Waals surface area contributed by atoms with Crippen molar-refractivity contribution < 1.29 is 19.4 Å². The van der Waals surface area contributed by atoms with Gasteiger partial charge in [0.15, 0.2) is 11.5 Å². The summed E-state index contributed by atoms with van der Waals surface area (Å²) in [6.07, 6.45) is 1.49. The average Bonchev–Trinajstić information content (AvgIpc) is 3.25. The second kappa shape index (κ2) is 8.03. The van der Waals surface area contributed by atoms with E-state index in [1.165, 1.54) is 4.88 Å². The third-order valence-electron chi connectivity index (χ3n) is 3.83. The van der Waals surface area contributed by atoms with Crippen LogP contribution in [0.15, 0.2) is 35.7 Å². The van der Waals surface area contributed by atoms with Crippen molar-refractivity contribution >= 4 is 23.1 Å². The van der Waals surface area contributed by atoms with Crippen LogP contribution in [0.1, 0.15) is 23.6 Å². The van der Waals surface area contributed by atoms with Crippen molar-refractivity contribution in [3.8, 4) is 11.5 Å². The summed E-state index contributed by atoms with van der Waals surface area (Å²) in [4.78, 5) is 13.2. The first-order valence-electron chi connectivity index (χ1n) is 7.85. The Bertz CT molecular complexity index is 675. The number of aliphatic hydroxyl groups is 1. The summed E-state index contributed by atoms with van der Waals surface area (Å²) in [5, 5.41) is 16.9. The molecule has 0 bridgehead atoms. The van der Waals surface area contributed by atoms with E-state index in [0.717, 1.165) is 6.42 Å². The number of ether oxygens (including phenoxy) is 2. The number of benzene rings is 1. The predicted octanol–water partition coefficient (Wildman–Crippen LogP) is 3.15. The van der Waals surface area contributed by atoms with E-state index in [9.17, 15) is 9.90 Å². The molecule has 2 heterocycles. The summed E-state index contributed by atoms with van der Waals surface area (Å²) < 4.78 is 10.5. The van der Waals surface area contributed by atoms with Crippen LogP contribution in [-0.4, -0.2) is 31.1 Å². The number of aliphatic hydroxyl groups excluding tert-OH is 1. The van der Waals surface area contributed by atoms with Gasteiger partial charge in [-0.25, -0.2) is 4.79 Å². The number of urea groups is 1. The van der Waals surface area contributed by atoms with Gasteiger partial charge in [-0.1, -0.05) is 6.07 Å². The standard InChI is InChI=1S/C17H20N2O4S/c20-8-6-12(16-2-1-9-24-16)5-7-18-17(21)19-13-3-4-14-15(10-13)23-11-22-14/h1-4,9-10,12,20H,5-8,11H2,(H2,18,19,21). The summed E-state index contributed by atoms with van der Waals surface area (Å²) in [5.74, 6) is 1.58. The van der Waals surface area contributed by atoms with Crippen molar-refractivity contribution in [2.45, 2.75) is 18.8 Å². The molecule has 2 aromatic rings. The van der Waals surface area contributed by atoms with E-state index in [1.807, 2.05) is 11.4 Å². The summed E-state index contributed by atoms with van der Waals surface area (Å²) in [5.41, 5.74) is 0.655. The number of hydrogen-bond donors (Lipinski definition) is 3. The molecule has 24 heavy (non-hydrogen) atoms. The molecule has 1 aromatic heterocycles. The van der Waals surface area contributed by atoms with Gasteiger partial charge in [0.25, 0.3) is 0 Å². The van der Waals surface area contributed by atoms with E-state index >= 15 is 0 Å². The molecule has 2 amide bonds. The number of nitrogens with one attached hydrogen (secondary N) is 2. The molecule has 7 heteroatoms. The fourth-order valence-corrected chi connectivity index (χ4v) is 3.52. The third-order valence-corrected chi connectivity index (χ3v) is 4.87. The molecule has 0 fully saturated rings. The Labute approximate surface area is 144 Å². The van der Waals surface area contributed by atoms with Crippen molar-refractivity contribution in [2.24, 2.45) is 0 Å². The molecule has 3 rings (SSSR count). The lowest BCUT2D eigenvalue weighted by atomic mass is 10.00. The number of hydrogen-bond acceptors (Lipinski definition) is 5. The lowest BCUT2D eigenvalue weighted by Crippen LogP contribution is -2.30. The maximum Gasteiger partial charge on any atom is 0.319 e. The van der Waals surface area contributed by atoms with Gasteiger partial charge in [0.2, 0.25) is 6.79 Å². The number of anilines is 1. The lowest BCUT2D eigenvalue weighted by molar-refractivity contribution is 0.174. The van der Waals surface area contributed by atoms with E-state index in [1.54, 1.807) is 29.5 Å². The first-order chi connectivity index (χ1) is 11.8. The zero-order valence-electron chi connectivity index (χ0n) is 13.2. The molecule has 1 aliphatic rings. The first kappa shape index (κ1) is 16.6. The van der Waals surface area contributed by atoms with E-state index in [4.69, 9.17) is 9.47 Å². The van der Waals surface area contributed by atoms with E-state index in [0.29, 0.717) is 30.2 Å². The molecular formula is C17H20N2O4S. The van der Waals surface area contributed by atoms with Gasteiger partial charge in [-0.3, -0.25) is 0 Å². The summed E-state index contributed by atoms with van der Waals surface area (Å²) >= 11 is 1.68. The van der Waals surface area contributed by atoms with Crippen LogP contribution in [0, 0.1) is 0 Å². The van der Waals surface area contributed by atoms with Crippen molar-refractivity contribution in [3.63, 3.8) is 0 Å². The Balaban J connectivity index is 1.46. The molecule has 1 atom stereocenters. The van der Waals surface area contributed by atoms with Gasteiger partial charge in [-0.2, -0.15) is 0 Å². The molecule has 1 unspecified atom stereocenters. The van der Waals surface area contributed by atoms with Crippen LogP contribution < -0.4 is 20.1 Å². The highest BCUT2D eigenvalue weighted by atomic mass is 32.1. The minimum absolute atomic E-state index is 0.145. The number of thiophene rings is 1. The Hall–Kier alpha value is -2.25. The van der Waals surface area contributed by atoms with Crippen molar-refractivity contribution in [1.29, 1.82) is 0 Å². The molecule has 0 radical (unpaired) electrons. The zero-order chi connectivity index (χ0) is 16.8. The number of fused-ring (bicyclic) bond motifs is 1. The maximum atomic E-state index is 12.0. The highest BCUT2D eigenvalue weighted by molar-refractivity contribution is 7.10. The van der Waals surface area contributed by atoms with Crippen LogP contribution in [0.2, 0.25) is 0 Å². The second-order valence-corrected chi connectivity index (χ2v) is 6.44. The minimum atomic E-state index is -0.261. The van der Waals surface area contributed by atoms with Crippen LogP contribution >= 0.6 is 11.3 Å². The van der Waals surface area contributed by atoms with Gasteiger partial charge >= 0.3 is 6.03 Å². The SMILES string of the molecule is O=C(NCCC(CCO)c1cccs1)Nc1ccc2c(c1)OCO2. The van der Waals surface area contributed by atoms with Gasteiger partial charge in [0.05, 0.1) is 0 Å². The highest BCUT2D eigenvalue weighted by Gasteiger charge is 2.15. The molecule has 3 N–H and O–H groups in total. The Morgan fingerprint density at radius 1 is 1.25 bits per heavy atom. The van der Waals surface area contributed by atoms with Crippen LogP contribution in [0.25, 0.3) is 0 Å². The van der Waals surface area contributed by atoms with Crippen molar-refractivity contribution in [2.75, 3.05) is 25.3 Å². The maximum absolute atomic E-state index is 12.0. The summed E-state index contributed by atoms with van der Waals surface area (Å²) in [6, 6.07) is 9.09. The molecule has 0 saturated heterocycles. The van der Waals surface area contributed by atoms with Crippen LogP contribution in [-0.2, 0) is 0 Å². The molecular weight excluding hydrogens is 328 g/mol. The molecule has 128 valence electrons. The second-order valence-electron chi connectivity index (χ2n) is 5.46. The van der Waals surface area contributed by atoms with E-state index in [-0.39, 0.29) is 25.3 Å². The number of amides is 2. The highest BCUT2D eigenvalue weighted by Crippen LogP contribution is 2.34. The van der Waals surface area contributed by atoms with Gasteiger partial charge in [-0.05, 0) is 42.3 Å². The molecule has 0 saturated carbocycles. The number of rotatable bonds is 7. The Kier molecular flexibility index (Phi) is 5.55. The van der Waals surface area contributed by atoms with Gasteiger partial charge in [0.1, 0.15) is 0 Å². The molecule has 0 spiro atoms. The van der Waals surface area contributed by atoms with Gasteiger partial charge in [0, 0.05) is 29.8 Å². The van der Waals surface area contributed by atoms with Crippen molar-refractivity contribution in [1.82, 2.24) is 5.32 Å². The third kappa shape index (κ3) is 4.18. The average molecular weight is 348 g/mol. The zero-order valence-corrected chi connectivity index (χ0v) is 14.0. The molecule has 1 aliphatic heterocycles. The van der Waals surface area contributed by atoms with Crippen LogP contribution in [0.4, 0.5) is 10.5 Å². The Morgan fingerprint density at radius 3 is 2.92 bits per heavy atom. The Morgan fingerprint density at radius 2 is 2.12 bits per heavy atom. The lowest BCUT2D eigenvalue weighted by Gasteiger charge is -2.15. The van der Waals surface area contributed by atoms with Gasteiger partial charge in [-0.15, -0.1) is 11.3 Å². The quantitative estimate of drug-likeness (QED) is 0.718. The fourth-order valence-electron chi connectivity index (χ4n) is 2.62. The van der Waals surface area contributed by atoms with Crippen LogP contribution in [0.5, 0.6) is 11.5 Å². The van der Waals surface area contributed by atoms with E-state index in [2.05, 4.69) is 16.7 Å². The van der Waals surface area contributed by atoms with E-state index < -0.39 is 0 Å². The predicted molar refractivity (Wildman–Crippen MR) is 93.0 cm³/mol. The fraction of sp³-hybridized carbons (Fsp3) is 0.353. The molecule has 6 nitrogen and oxygen atoms in total. The van der Waals surface area contributed by atoms with Crippen molar-refractivity contribution in [3.05, 3.63) is 40.6 Å². The summed E-state index contributed by atoms with van der Waals surface area (Å²) in [6.45, 7) is 0.894.